The molecule has 6 nitrogen and oxygen atoms in total. The summed E-state index contributed by atoms with van der Waals surface area (Å²) < 4.78 is 0. The number of amides is 2. The molecule has 24 heavy (non-hydrogen) atoms. The first-order chi connectivity index (χ1) is 11.5. The third kappa shape index (κ3) is 2.77. The van der Waals surface area contributed by atoms with Crippen LogP contribution in [0.25, 0.3) is 6.08 Å². The van der Waals surface area contributed by atoms with E-state index in [1.165, 1.54) is 24.3 Å². The molecule has 6 heteroatoms. The van der Waals surface area contributed by atoms with Gasteiger partial charge in [0.1, 0.15) is 5.75 Å². The molecule has 0 aliphatic carbocycles. The van der Waals surface area contributed by atoms with Crippen LogP contribution >= 0.6 is 0 Å². The molecule has 0 bridgehead atoms. The van der Waals surface area contributed by atoms with Gasteiger partial charge in [0.2, 0.25) is 0 Å². The minimum atomic E-state index is -1.12. The van der Waals surface area contributed by atoms with Crippen molar-refractivity contribution in [2.75, 3.05) is 0 Å². The van der Waals surface area contributed by atoms with Crippen molar-refractivity contribution in [3.05, 3.63) is 70.8 Å². The Labute approximate surface area is 137 Å². The average molecular weight is 323 g/mol. The standard InChI is InChI=1S/C18H13NO5/c20-13-7-5-11(6-8-16(21)22)12(9-13)10-19-17(23)14-3-1-2-4-15(14)18(19)24/h1-9,20H,10H2,(H,21,22). The van der Waals surface area contributed by atoms with Crippen LogP contribution in [0.3, 0.4) is 0 Å². The lowest BCUT2D eigenvalue weighted by Crippen LogP contribution is -2.29. The second kappa shape index (κ2) is 6.00. The summed E-state index contributed by atoms with van der Waals surface area (Å²) in [4.78, 5) is 36.6. The summed E-state index contributed by atoms with van der Waals surface area (Å²) in [6.07, 6.45) is 2.31. The van der Waals surface area contributed by atoms with Crippen LogP contribution in [0.1, 0.15) is 31.8 Å². The van der Waals surface area contributed by atoms with Crippen molar-refractivity contribution < 1.29 is 24.6 Å². The summed E-state index contributed by atoms with van der Waals surface area (Å²) in [7, 11) is 0. The number of carbonyl (C=O) groups excluding carboxylic acids is 2. The van der Waals surface area contributed by atoms with Crippen LogP contribution in [0.2, 0.25) is 0 Å². The molecule has 0 unspecified atom stereocenters. The van der Waals surface area contributed by atoms with Crippen molar-refractivity contribution in [1.82, 2.24) is 4.90 Å². The number of imide groups is 1. The van der Waals surface area contributed by atoms with Gasteiger partial charge in [0.05, 0.1) is 17.7 Å². The van der Waals surface area contributed by atoms with Crippen LogP contribution in [0.15, 0.2) is 48.5 Å². The molecule has 1 heterocycles. The smallest absolute Gasteiger partial charge is 0.328 e. The number of carbonyl (C=O) groups is 3. The molecule has 2 N–H and O–H groups in total. The van der Waals surface area contributed by atoms with Crippen LogP contribution in [-0.2, 0) is 11.3 Å². The van der Waals surface area contributed by atoms with E-state index in [1.54, 1.807) is 24.3 Å². The van der Waals surface area contributed by atoms with Gasteiger partial charge in [-0.25, -0.2) is 4.79 Å². The molecule has 0 fully saturated rings. The average Bonchev–Trinajstić information content (AvgIpc) is 2.79. The number of nitrogens with zero attached hydrogens (tertiary/aromatic N) is 1. The van der Waals surface area contributed by atoms with Crippen molar-refractivity contribution in [1.29, 1.82) is 0 Å². The van der Waals surface area contributed by atoms with Gasteiger partial charge in [0, 0.05) is 6.08 Å². The fourth-order valence-electron chi connectivity index (χ4n) is 2.61. The summed E-state index contributed by atoms with van der Waals surface area (Å²) in [5, 5.41) is 18.4. The maximum absolute atomic E-state index is 12.4. The Morgan fingerprint density at radius 3 is 2.25 bits per heavy atom. The molecule has 0 spiro atoms. The molecule has 0 saturated carbocycles. The van der Waals surface area contributed by atoms with Crippen molar-refractivity contribution in [3.63, 3.8) is 0 Å². The zero-order valence-corrected chi connectivity index (χ0v) is 12.5. The molecular formula is C18H13NO5. The molecule has 0 radical (unpaired) electrons. The summed E-state index contributed by atoms with van der Waals surface area (Å²) in [6, 6.07) is 10.9. The monoisotopic (exact) mass is 323 g/mol. The Balaban J connectivity index is 1.95. The highest BCUT2D eigenvalue weighted by atomic mass is 16.4. The SMILES string of the molecule is O=C(O)C=Cc1ccc(O)cc1CN1C(=O)c2ccccc2C1=O. The largest absolute Gasteiger partial charge is 0.508 e. The lowest BCUT2D eigenvalue weighted by molar-refractivity contribution is -0.131. The molecular weight excluding hydrogens is 310 g/mol. The Hall–Kier alpha value is -3.41. The predicted molar refractivity (Wildman–Crippen MR) is 85.4 cm³/mol. The van der Waals surface area contributed by atoms with E-state index in [4.69, 9.17) is 5.11 Å². The second-order valence-corrected chi connectivity index (χ2v) is 5.30. The van der Waals surface area contributed by atoms with Crippen molar-refractivity contribution in [3.8, 4) is 5.75 Å². The van der Waals surface area contributed by atoms with Crippen LogP contribution < -0.4 is 0 Å². The Bertz CT molecular complexity index is 850. The number of phenols is 1. The molecule has 1 aliphatic heterocycles. The van der Waals surface area contributed by atoms with Gasteiger partial charge in [-0.15, -0.1) is 0 Å². The number of carboxylic acid groups (broad SMARTS) is 1. The third-order valence-electron chi connectivity index (χ3n) is 3.74. The summed E-state index contributed by atoms with van der Waals surface area (Å²) in [5.74, 6) is -1.97. The molecule has 1 aliphatic rings. The number of aliphatic carboxylic acids is 1. The van der Waals surface area contributed by atoms with Gasteiger partial charge >= 0.3 is 5.97 Å². The maximum atomic E-state index is 12.4. The molecule has 120 valence electrons. The van der Waals surface area contributed by atoms with E-state index >= 15 is 0 Å². The Morgan fingerprint density at radius 2 is 1.67 bits per heavy atom. The van der Waals surface area contributed by atoms with E-state index in [1.807, 2.05) is 0 Å². The highest BCUT2D eigenvalue weighted by molar-refractivity contribution is 6.21. The van der Waals surface area contributed by atoms with Crippen LogP contribution in [0, 0.1) is 0 Å². The number of carboxylic acids is 1. The van der Waals surface area contributed by atoms with E-state index in [-0.39, 0.29) is 12.3 Å². The van der Waals surface area contributed by atoms with Gasteiger partial charge in [0.25, 0.3) is 11.8 Å². The molecule has 0 saturated heterocycles. The minimum absolute atomic E-state index is 0.0333. The predicted octanol–water partition coefficient (Wildman–Crippen LogP) is 2.29. The van der Waals surface area contributed by atoms with Crippen LogP contribution in [0.5, 0.6) is 5.75 Å². The lowest BCUT2D eigenvalue weighted by atomic mass is 10.1. The first kappa shape index (κ1) is 15.5. The number of phenolic OH excluding ortho intramolecular Hbond substituents is 1. The molecule has 0 aromatic heterocycles. The van der Waals surface area contributed by atoms with Gasteiger partial charge in [-0.1, -0.05) is 18.2 Å². The quantitative estimate of drug-likeness (QED) is 0.665. The molecule has 2 amide bonds. The summed E-state index contributed by atoms with van der Waals surface area (Å²) >= 11 is 0. The lowest BCUT2D eigenvalue weighted by Gasteiger charge is -2.16. The summed E-state index contributed by atoms with van der Waals surface area (Å²) in [5.41, 5.74) is 1.66. The number of hydrogen-bond acceptors (Lipinski definition) is 4. The number of aromatic hydroxyl groups is 1. The molecule has 0 atom stereocenters. The fraction of sp³-hybridized carbons (Fsp3) is 0.0556. The van der Waals surface area contributed by atoms with E-state index in [0.29, 0.717) is 22.3 Å². The van der Waals surface area contributed by atoms with Gasteiger partial charge < -0.3 is 10.2 Å². The third-order valence-corrected chi connectivity index (χ3v) is 3.74. The normalized spacial score (nSPS) is 13.6. The van der Waals surface area contributed by atoms with E-state index in [0.717, 1.165) is 11.0 Å². The molecule has 3 rings (SSSR count). The van der Waals surface area contributed by atoms with E-state index in [9.17, 15) is 19.5 Å². The van der Waals surface area contributed by atoms with E-state index in [2.05, 4.69) is 0 Å². The van der Waals surface area contributed by atoms with Gasteiger partial charge in [-0.2, -0.15) is 0 Å². The van der Waals surface area contributed by atoms with Gasteiger partial charge in [-0.05, 0) is 41.5 Å². The van der Waals surface area contributed by atoms with Crippen molar-refractivity contribution >= 4 is 23.9 Å². The number of rotatable bonds is 4. The zero-order valence-electron chi connectivity index (χ0n) is 12.5. The fourth-order valence-corrected chi connectivity index (χ4v) is 2.61. The topological polar surface area (TPSA) is 94.9 Å². The number of benzene rings is 2. The Kier molecular flexibility index (Phi) is 3.87. The highest BCUT2D eigenvalue weighted by Crippen LogP contribution is 2.27. The number of hydrogen-bond donors (Lipinski definition) is 2. The highest BCUT2D eigenvalue weighted by Gasteiger charge is 2.35. The molecule has 2 aromatic rings. The second-order valence-electron chi connectivity index (χ2n) is 5.30. The first-order valence-corrected chi connectivity index (χ1v) is 7.15. The van der Waals surface area contributed by atoms with Crippen molar-refractivity contribution in [2.24, 2.45) is 0 Å². The van der Waals surface area contributed by atoms with E-state index < -0.39 is 17.8 Å². The van der Waals surface area contributed by atoms with Crippen LogP contribution in [0.4, 0.5) is 0 Å². The number of fused-ring (bicyclic) bond motifs is 1. The zero-order chi connectivity index (χ0) is 17.3. The first-order valence-electron chi connectivity index (χ1n) is 7.15. The maximum Gasteiger partial charge on any atom is 0.328 e. The minimum Gasteiger partial charge on any atom is -0.508 e. The van der Waals surface area contributed by atoms with Gasteiger partial charge in [-0.3, -0.25) is 14.5 Å². The van der Waals surface area contributed by atoms with Crippen molar-refractivity contribution in [2.45, 2.75) is 6.54 Å². The summed E-state index contributed by atoms with van der Waals surface area (Å²) in [6.45, 7) is -0.0555. The van der Waals surface area contributed by atoms with Gasteiger partial charge in [0.15, 0.2) is 0 Å². The molecule has 2 aromatic carbocycles. The van der Waals surface area contributed by atoms with Crippen LogP contribution in [-0.4, -0.2) is 32.9 Å². The Morgan fingerprint density at radius 1 is 1.04 bits per heavy atom.